The van der Waals surface area contributed by atoms with Gasteiger partial charge in [0.2, 0.25) is 0 Å². The Morgan fingerprint density at radius 3 is 2.23 bits per heavy atom. The van der Waals surface area contributed by atoms with Crippen LogP contribution in [0.2, 0.25) is 0 Å². The monoisotopic (exact) mass is 412 g/mol. The van der Waals surface area contributed by atoms with E-state index < -0.39 is 0 Å². The first-order valence-corrected chi connectivity index (χ1v) is 10.2. The second-order valence-corrected chi connectivity index (χ2v) is 7.55. The van der Waals surface area contributed by atoms with Gasteiger partial charge in [-0.2, -0.15) is 0 Å². The first-order chi connectivity index (χ1) is 15.0. The second-order valence-electron chi connectivity index (χ2n) is 7.55. The Bertz CT molecular complexity index is 1200. The fourth-order valence-corrected chi connectivity index (χ4v) is 3.82. The summed E-state index contributed by atoms with van der Waals surface area (Å²) in [6, 6.07) is 29.1. The molecule has 156 valence electrons. The largest absolute Gasteiger partial charge is 0.497 e. The fourth-order valence-electron chi connectivity index (χ4n) is 3.82. The lowest BCUT2D eigenvalue weighted by molar-refractivity contribution is -0.384. The molecule has 5 heteroatoms. The zero-order chi connectivity index (χ0) is 21.8. The highest BCUT2D eigenvalue weighted by molar-refractivity contribution is 5.83. The molecule has 0 aliphatic rings. The molecule has 0 spiro atoms. The molecule has 4 aromatic carbocycles. The minimum Gasteiger partial charge on any atom is -0.497 e. The minimum absolute atomic E-state index is 0.0240. The number of non-ortho nitro benzene ring substituents is 1. The van der Waals surface area contributed by atoms with Crippen molar-refractivity contribution >= 4 is 16.5 Å². The molecule has 4 aromatic rings. The van der Waals surface area contributed by atoms with Crippen LogP contribution < -0.4 is 10.1 Å². The Balaban J connectivity index is 1.70. The summed E-state index contributed by atoms with van der Waals surface area (Å²) in [5.41, 5.74) is 3.08. The summed E-state index contributed by atoms with van der Waals surface area (Å²) in [6.45, 7) is 2.11. The van der Waals surface area contributed by atoms with Crippen molar-refractivity contribution in [1.82, 2.24) is 5.32 Å². The van der Waals surface area contributed by atoms with Crippen molar-refractivity contribution in [3.63, 3.8) is 0 Å². The lowest BCUT2D eigenvalue weighted by atomic mass is 9.95. The van der Waals surface area contributed by atoms with E-state index in [1.807, 2.05) is 42.5 Å². The van der Waals surface area contributed by atoms with E-state index in [-0.39, 0.29) is 22.7 Å². The SMILES string of the molecule is COc1ccc(C(N[C@H](C)c2ccc3ccccc3c2)c2cccc([N+](=O)[O-])c2)cc1. The zero-order valence-electron chi connectivity index (χ0n) is 17.5. The van der Waals surface area contributed by atoms with E-state index >= 15 is 0 Å². The van der Waals surface area contributed by atoms with Crippen molar-refractivity contribution in [3.8, 4) is 5.75 Å². The number of methoxy groups -OCH3 is 1. The van der Waals surface area contributed by atoms with Crippen LogP contribution in [-0.2, 0) is 0 Å². The molecule has 1 N–H and O–H groups in total. The van der Waals surface area contributed by atoms with Gasteiger partial charge < -0.3 is 4.74 Å². The number of nitro benzene ring substituents is 1. The molecule has 4 rings (SSSR count). The summed E-state index contributed by atoms with van der Waals surface area (Å²) in [5.74, 6) is 0.768. The van der Waals surface area contributed by atoms with E-state index in [0.717, 1.165) is 22.4 Å². The first kappa shape index (κ1) is 20.6. The number of hydrogen-bond donors (Lipinski definition) is 1. The third-order valence-electron chi connectivity index (χ3n) is 5.55. The third-order valence-corrected chi connectivity index (χ3v) is 5.55. The molecule has 2 atom stereocenters. The van der Waals surface area contributed by atoms with Crippen LogP contribution in [0.3, 0.4) is 0 Å². The number of ether oxygens (including phenoxy) is 1. The highest BCUT2D eigenvalue weighted by Gasteiger charge is 2.20. The van der Waals surface area contributed by atoms with Crippen molar-refractivity contribution < 1.29 is 9.66 Å². The average Bonchev–Trinajstić information content (AvgIpc) is 2.82. The van der Waals surface area contributed by atoms with Crippen LogP contribution in [0.4, 0.5) is 5.69 Å². The summed E-state index contributed by atoms with van der Waals surface area (Å²) in [5, 5.41) is 17.4. The van der Waals surface area contributed by atoms with Crippen molar-refractivity contribution in [3.05, 3.63) is 118 Å². The number of nitrogens with one attached hydrogen (secondary N) is 1. The van der Waals surface area contributed by atoms with E-state index in [9.17, 15) is 10.1 Å². The molecular weight excluding hydrogens is 388 g/mol. The van der Waals surface area contributed by atoms with Gasteiger partial charge in [-0.15, -0.1) is 0 Å². The molecule has 5 nitrogen and oxygen atoms in total. The van der Waals surface area contributed by atoms with Gasteiger partial charge in [-0.25, -0.2) is 0 Å². The van der Waals surface area contributed by atoms with Crippen LogP contribution in [0, 0.1) is 10.1 Å². The number of nitrogens with zero attached hydrogens (tertiary/aromatic N) is 1. The molecule has 0 amide bonds. The van der Waals surface area contributed by atoms with Gasteiger partial charge in [0.25, 0.3) is 5.69 Å². The number of fused-ring (bicyclic) bond motifs is 1. The number of benzene rings is 4. The molecule has 0 aliphatic carbocycles. The van der Waals surface area contributed by atoms with E-state index in [1.165, 1.54) is 16.8 Å². The van der Waals surface area contributed by atoms with Crippen LogP contribution in [0.1, 0.15) is 35.7 Å². The topological polar surface area (TPSA) is 64.4 Å². The maximum atomic E-state index is 11.3. The molecular formula is C26H24N2O3. The Morgan fingerprint density at radius 2 is 1.52 bits per heavy atom. The molecule has 0 fully saturated rings. The van der Waals surface area contributed by atoms with Crippen LogP contribution in [-0.4, -0.2) is 12.0 Å². The van der Waals surface area contributed by atoms with Crippen LogP contribution >= 0.6 is 0 Å². The van der Waals surface area contributed by atoms with Gasteiger partial charge in [-0.1, -0.05) is 60.7 Å². The van der Waals surface area contributed by atoms with Crippen LogP contribution in [0.5, 0.6) is 5.75 Å². The molecule has 0 aromatic heterocycles. The van der Waals surface area contributed by atoms with Gasteiger partial charge in [0.15, 0.2) is 0 Å². The number of hydrogen-bond acceptors (Lipinski definition) is 4. The molecule has 0 radical (unpaired) electrons. The molecule has 31 heavy (non-hydrogen) atoms. The second kappa shape index (κ2) is 8.98. The number of rotatable bonds is 7. The smallest absolute Gasteiger partial charge is 0.269 e. The maximum Gasteiger partial charge on any atom is 0.269 e. The Morgan fingerprint density at radius 1 is 0.806 bits per heavy atom. The van der Waals surface area contributed by atoms with Crippen molar-refractivity contribution in [2.75, 3.05) is 7.11 Å². The Hall–Kier alpha value is -3.70. The van der Waals surface area contributed by atoms with Crippen LogP contribution in [0.25, 0.3) is 10.8 Å². The van der Waals surface area contributed by atoms with E-state index in [4.69, 9.17) is 4.74 Å². The van der Waals surface area contributed by atoms with Gasteiger partial charge in [-0.3, -0.25) is 15.4 Å². The zero-order valence-corrected chi connectivity index (χ0v) is 17.5. The Kier molecular flexibility index (Phi) is 5.96. The van der Waals surface area contributed by atoms with Crippen molar-refractivity contribution in [2.45, 2.75) is 19.0 Å². The molecule has 0 saturated carbocycles. The third kappa shape index (κ3) is 4.57. The quantitative estimate of drug-likeness (QED) is 0.290. The van der Waals surface area contributed by atoms with Crippen molar-refractivity contribution in [2.24, 2.45) is 0 Å². The van der Waals surface area contributed by atoms with Crippen molar-refractivity contribution in [1.29, 1.82) is 0 Å². The maximum absolute atomic E-state index is 11.3. The molecule has 1 unspecified atom stereocenters. The van der Waals surface area contributed by atoms with Gasteiger partial charge in [0.05, 0.1) is 18.1 Å². The van der Waals surface area contributed by atoms with E-state index in [0.29, 0.717) is 0 Å². The summed E-state index contributed by atoms with van der Waals surface area (Å²) in [7, 11) is 1.63. The van der Waals surface area contributed by atoms with Gasteiger partial charge in [0, 0.05) is 18.2 Å². The lowest BCUT2D eigenvalue weighted by Crippen LogP contribution is -2.25. The van der Waals surface area contributed by atoms with Gasteiger partial charge in [0.1, 0.15) is 5.75 Å². The van der Waals surface area contributed by atoms with E-state index in [2.05, 4.69) is 42.6 Å². The highest BCUT2D eigenvalue weighted by atomic mass is 16.6. The van der Waals surface area contributed by atoms with Crippen LogP contribution in [0.15, 0.2) is 91.0 Å². The normalized spacial score (nSPS) is 13.0. The molecule has 0 aliphatic heterocycles. The summed E-state index contributed by atoms with van der Waals surface area (Å²) >= 11 is 0. The summed E-state index contributed by atoms with van der Waals surface area (Å²) in [4.78, 5) is 11.0. The predicted molar refractivity (Wildman–Crippen MR) is 123 cm³/mol. The lowest BCUT2D eigenvalue weighted by Gasteiger charge is -2.25. The highest BCUT2D eigenvalue weighted by Crippen LogP contribution is 2.30. The first-order valence-electron chi connectivity index (χ1n) is 10.2. The molecule has 0 bridgehead atoms. The molecule has 0 heterocycles. The summed E-state index contributed by atoms with van der Waals surface area (Å²) < 4.78 is 5.29. The summed E-state index contributed by atoms with van der Waals surface area (Å²) in [6.07, 6.45) is 0. The molecule has 0 saturated heterocycles. The van der Waals surface area contributed by atoms with E-state index in [1.54, 1.807) is 19.2 Å². The van der Waals surface area contributed by atoms with Gasteiger partial charge in [-0.05, 0) is 52.6 Å². The van der Waals surface area contributed by atoms with Gasteiger partial charge >= 0.3 is 0 Å². The average molecular weight is 412 g/mol. The minimum atomic E-state index is -0.360. The number of nitro groups is 1. The Labute approximate surface area is 181 Å². The standard InChI is InChI=1S/C26H24N2O3/c1-18(21-11-10-19-6-3-4-7-22(19)16-21)27-26(20-12-14-25(31-2)15-13-20)23-8-5-9-24(17-23)28(29)30/h3-18,26-27H,1-2H3/t18-,26?/m1/s1. The fraction of sp³-hybridized carbons (Fsp3) is 0.154. The predicted octanol–water partition coefficient (Wildman–Crippen LogP) is 6.20.